The number of fused-ring (bicyclic) bond motifs is 3. The predicted octanol–water partition coefficient (Wildman–Crippen LogP) is 4.97. The van der Waals surface area contributed by atoms with Gasteiger partial charge in [-0.2, -0.15) is 13.2 Å². The van der Waals surface area contributed by atoms with Crippen molar-refractivity contribution < 1.29 is 27.1 Å². The highest BCUT2D eigenvalue weighted by molar-refractivity contribution is 6.00. The first-order valence-corrected chi connectivity index (χ1v) is 11.3. The van der Waals surface area contributed by atoms with Crippen molar-refractivity contribution in [3.8, 4) is 17.3 Å². The van der Waals surface area contributed by atoms with Crippen LogP contribution in [0.15, 0.2) is 61.1 Å². The van der Waals surface area contributed by atoms with Crippen molar-refractivity contribution in [1.82, 2.24) is 19.9 Å². The van der Waals surface area contributed by atoms with E-state index in [0.29, 0.717) is 29.8 Å². The van der Waals surface area contributed by atoms with Crippen LogP contribution in [0.1, 0.15) is 35.2 Å². The lowest BCUT2D eigenvalue weighted by atomic mass is 9.72. The van der Waals surface area contributed by atoms with Crippen LogP contribution >= 0.6 is 0 Å². The van der Waals surface area contributed by atoms with E-state index < -0.39 is 36.6 Å². The van der Waals surface area contributed by atoms with Crippen LogP contribution in [0.2, 0.25) is 0 Å². The van der Waals surface area contributed by atoms with Gasteiger partial charge in [0.1, 0.15) is 12.8 Å². The summed E-state index contributed by atoms with van der Waals surface area (Å²) in [5.74, 6) is -0.0531. The number of alkyl halides is 4. The molecule has 4 heterocycles. The van der Waals surface area contributed by atoms with Gasteiger partial charge in [-0.15, -0.1) is 0 Å². The molecule has 0 spiro atoms. The Morgan fingerprint density at radius 1 is 1.03 bits per heavy atom. The lowest BCUT2D eigenvalue weighted by Gasteiger charge is -2.53. The van der Waals surface area contributed by atoms with Crippen molar-refractivity contribution in [1.29, 1.82) is 0 Å². The molecule has 182 valence electrons. The number of pyridine rings is 1. The van der Waals surface area contributed by atoms with E-state index in [0.717, 1.165) is 18.7 Å². The number of nitrogens with zero attached hydrogens (tertiary/aromatic N) is 4. The zero-order valence-electron chi connectivity index (χ0n) is 18.5. The molecule has 1 saturated carbocycles. The van der Waals surface area contributed by atoms with E-state index in [1.807, 2.05) is 0 Å². The molecule has 1 aliphatic carbocycles. The number of carbonyl (C=O) groups excluding carboxylic acids is 1. The molecule has 6 nitrogen and oxygen atoms in total. The highest BCUT2D eigenvalue weighted by Gasteiger charge is 2.50. The van der Waals surface area contributed by atoms with E-state index in [1.165, 1.54) is 6.07 Å². The van der Waals surface area contributed by atoms with Crippen LogP contribution in [-0.4, -0.2) is 50.6 Å². The smallest absolute Gasteiger partial charge is 0.417 e. The summed E-state index contributed by atoms with van der Waals surface area (Å²) in [5, 5.41) is 0. The molecule has 1 amide bonds. The maximum atomic E-state index is 14.2. The van der Waals surface area contributed by atoms with Gasteiger partial charge in [0.25, 0.3) is 5.91 Å². The van der Waals surface area contributed by atoms with Crippen LogP contribution in [0.5, 0.6) is 5.88 Å². The quantitative estimate of drug-likeness (QED) is 0.477. The van der Waals surface area contributed by atoms with Gasteiger partial charge >= 0.3 is 6.18 Å². The van der Waals surface area contributed by atoms with Gasteiger partial charge in [0.05, 0.1) is 23.2 Å². The van der Waals surface area contributed by atoms with E-state index in [9.17, 15) is 22.4 Å². The van der Waals surface area contributed by atoms with Gasteiger partial charge in [0.15, 0.2) is 5.82 Å². The van der Waals surface area contributed by atoms with Crippen molar-refractivity contribution in [2.24, 2.45) is 5.92 Å². The van der Waals surface area contributed by atoms with Crippen molar-refractivity contribution in [3.05, 3.63) is 72.2 Å². The van der Waals surface area contributed by atoms with Gasteiger partial charge < -0.3 is 9.64 Å². The molecule has 0 radical (unpaired) electrons. The predicted molar refractivity (Wildman–Crippen MR) is 118 cm³/mol. The van der Waals surface area contributed by atoms with Crippen LogP contribution in [0.4, 0.5) is 17.6 Å². The normalized spacial score (nSPS) is 23.8. The number of hydrogen-bond acceptors (Lipinski definition) is 5. The van der Waals surface area contributed by atoms with Gasteiger partial charge in [-0.05, 0) is 43.4 Å². The van der Waals surface area contributed by atoms with E-state index in [1.54, 1.807) is 47.6 Å². The van der Waals surface area contributed by atoms with Crippen molar-refractivity contribution in [2.75, 3.05) is 6.67 Å². The fourth-order valence-corrected chi connectivity index (χ4v) is 5.13. The zero-order valence-corrected chi connectivity index (χ0v) is 18.5. The average molecular weight is 486 g/mol. The van der Waals surface area contributed by atoms with Crippen LogP contribution in [0, 0.1) is 5.92 Å². The molecule has 2 aromatic heterocycles. The molecule has 6 rings (SSSR count). The molecule has 10 heteroatoms. The minimum atomic E-state index is -4.50. The third-order valence-electron chi connectivity index (χ3n) is 6.75. The van der Waals surface area contributed by atoms with Gasteiger partial charge in [0.2, 0.25) is 5.88 Å². The summed E-state index contributed by atoms with van der Waals surface area (Å²) in [6.07, 6.45) is 0.715. The molecule has 1 aromatic carbocycles. The molecule has 2 saturated heterocycles. The number of ether oxygens (including phenoxy) is 1. The minimum absolute atomic E-state index is 0.0397. The number of halogens is 4. The summed E-state index contributed by atoms with van der Waals surface area (Å²) in [7, 11) is 0. The second-order valence-corrected chi connectivity index (χ2v) is 8.73. The number of amides is 1. The second-order valence-electron chi connectivity index (χ2n) is 8.73. The molecule has 2 bridgehead atoms. The Bertz CT molecular complexity index is 1190. The number of aromatic nitrogens is 3. The van der Waals surface area contributed by atoms with E-state index in [-0.39, 0.29) is 17.7 Å². The molecular weight excluding hydrogens is 464 g/mol. The molecule has 2 aliphatic heterocycles. The topological polar surface area (TPSA) is 68.2 Å². The maximum absolute atomic E-state index is 14.2. The Labute approximate surface area is 199 Å². The second kappa shape index (κ2) is 9.24. The molecule has 35 heavy (non-hydrogen) atoms. The zero-order chi connectivity index (χ0) is 24.6. The standard InChI is InChI=1S/C25H22F4N4O2/c26-13-20-15-6-8-19(21(12-15)35-22-9-7-16(14-32-22)25(27,28)29)33(20)24(34)18-5-2-1-4-17(18)23-30-10-3-11-31-23/h1-5,7,9-11,14-15,19-21H,6,8,12-13H2/t15-,19+,20-,21-/m1/s1. The number of carbonyl (C=O) groups is 1. The molecule has 3 fully saturated rings. The summed E-state index contributed by atoms with van der Waals surface area (Å²) < 4.78 is 58.8. The van der Waals surface area contributed by atoms with E-state index in [4.69, 9.17) is 4.74 Å². The highest BCUT2D eigenvalue weighted by Crippen LogP contribution is 2.43. The largest absolute Gasteiger partial charge is 0.472 e. The minimum Gasteiger partial charge on any atom is -0.472 e. The van der Waals surface area contributed by atoms with Crippen molar-refractivity contribution >= 4 is 5.91 Å². The molecule has 3 aliphatic rings. The Morgan fingerprint density at radius 2 is 1.80 bits per heavy atom. The summed E-state index contributed by atoms with van der Waals surface area (Å²) in [6, 6.07) is 9.63. The van der Waals surface area contributed by atoms with E-state index in [2.05, 4.69) is 15.0 Å². The summed E-state index contributed by atoms with van der Waals surface area (Å²) in [4.78, 5) is 27.7. The van der Waals surface area contributed by atoms with Crippen LogP contribution in [0.25, 0.3) is 11.4 Å². The Balaban J connectivity index is 1.44. The number of benzene rings is 1. The number of rotatable bonds is 5. The summed E-state index contributed by atoms with van der Waals surface area (Å²) >= 11 is 0. The van der Waals surface area contributed by atoms with Crippen LogP contribution < -0.4 is 4.74 Å². The Kier molecular flexibility index (Phi) is 6.12. The third-order valence-corrected chi connectivity index (χ3v) is 6.75. The first-order chi connectivity index (χ1) is 16.9. The van der Waals surface area contributed by atoms with E-state index >= 15 is 0 Å². The van der Waals surface area contributed by atoms with Gasteiger partial charge in [-0.3, -0.25) is 4.79 Å². The SMILES string of the molecule is O=C(c1ccccc1-c1ncccn1)N1[C@H](CF)[C@@H]2CC[C@H]1[C@H](Oc1ccc(C(F)(F)F)cn1)C2. The lowest BCUT2D eigenvalue weighted by molar-refractivity contribution is -0.137. The average Bonchev–Trinajstić information content (AvgIpc) is 2.88. The number of hydrogen-bond donors (Lipinski definition) is 0. The van der Waals surface area contributed by atoms with Crippen molar-refractivity contribution in [3.63, 3.8) is 0 Å². The molecule has 0 unspecified atom stereocenters. The van der Waals surface area contributed by atoms with Crippen LogP contribution in [0.3, 0.4) is 0 Å². The molecule has 3 aromatic rings. The highest BCUT2D eigenvalue weighted by atomic mass is 19.4. The first kappa shape index (κ1) is 23.2. The van der Waals surface area contributed by atoms with Crippen molar-refractivity contribution in [2.45, 2.75) is 43.6 Å². The Hall–Kier alpha value is -3.56. The van der Waals surface area contributed by atoms with Gasteiger partial charge in [0, 0.05) is 30.2 Å². The van der Waals surface area contributed by atoms with Crippen LogP contribution in [-0.2, 0) is 6.18 Å². The van der Waals surface area contributed by atoms with Gasteiger partial charge in [-0.25, -0.2) is 19.3 Å². The first-order valence-electron chi connectivity index (χ1n) is 11.3. The summed E-state index contributed by atoms with van der Waals surface area (Å²) in [6.45, 7) is -0.692. The molecule has 0 N–H and O–H groups in total. The maximum Gasteiger partial charge on any atom is 0.417 e. The fraction of sp³-hybridized carbons (Fsp3) is 0.360. The third kappa shape index (κ3) is 4.44. The Morgan fingerprint density at radius 3 is 2.49 bits per heavy atom. The fourth-order valence-electron chi connectivity index (χ4n) is 5.13. The molecular formula is C25H22F4N4O2. The molecule has 4 atom stereocenters. The lowest BCUT2D eigenvalue weighted by Crippen LogP contribution is -2.64. The number of piperidine rings is 2. The monoisotopic (exact) mass is 486 g/mol. The summed E-state index contributed by atoms with van der Waals surface area (Å²) in [5.41, 5.74) is 0.0270. The van der Waals surface area contributed by atoms with Gasteiger partial charge in [-0.1, -0.05) is 18.2 Å².